The minimum atomic E-state index is -0.519. The standard InChI is InChI=1S/C13H13N5O/c1-9(18-7-6-16-12(18)8-14)13(19)17-11-4-2-10(15)3-5-11/h2-7,9H,15H2,1H3,(H,17,19). The van der Waals surface area contributed by atoms with Crippen molar-refractivity contribution in [3.8, 4) is 6.07 Å². The maximum Gasteiger partial charge on any atom is 0.247 e. The monoisotopic (exact) mass is 255 g/mol. The highest BCUT2D eigenvalue weighted by Crippen LogP contribution is 2.14. The van der Waals surface area contributed by atoms with Crippen molar-refractivity contribution in [2.75, 3.05) is 11.1 Å². The Morgan fingerprint density at radius 2 is 2.16 bits per heavy atom. The molecule has 1 unspecified atom stereocenters. The van der Waals surface area contributed by atoms with Crippen molar-refractivity contribution in [3.05, 3.63) is 42.5 Å². The van der Waals surface area contributed by atoms with Gasteiger partial charge in [0.2, 0.25) is 11.7 Å². The van der Waals surface area contributed by atoms with Crippen LogP contribution in [-0.4, -0.2) is 15.5 Å². The van der Waals surface area contributed by atoms with E-state index in [0.29, 0.717) is 11.4 Å². The van der Waals surface area contributed by atoms with Gasteiger partial charge in [0.1, 0.15) is 12.1 Å². The number of nitrogens with two attached hydrogens (primary N) is 1. The molecule has 2 rings (SSSR count). The fourth-order valence-electron chi connectivity index (χ4n) is 1.65. The number of carbonyl (C=O) groups is 1. The molecule has 96 valence electrons. The lowest BCUT2D eigenvalue weighted by Crippen LogP contribution is -2.24. The van der Waals surface area contributed by atoms with Gasteiger partial charge >= 0.3 is 0 Å². The van der Waals surface area contributed by atoms with Crippen LogP contribution in [0.4, 0.5) is 11.4 Å². The Morgan fingerprint density at radius 3 is 2.79 bits per heavy atom. The average molecular weight is 255 g/mol. The first-order valence-corrected chi connectivity index (χ1v) is 5.71. The summed E-state index contributed by atoms with van der Waals surface area (Å²) in [5, 5.41) is 11.6. The predicted octanol–water partition coefficient (Wildman–Crippen LogP) is 1.54. The zero-order valence-electron chi connectivity index (χ0n) is 10.4. The van der Waals surface area contributed by atoms with Crippen LogP contribution in [0.5, 0.6) is 0 Å². The summed E-state index contributed by atoms with van der Waals surface area (Å²) >= 11 is 0. The Morgan fingerprint density at radius 1 is 1.47 bits per heavy atom. The molecule has 0 aliphatic heterocycles. The first-order valence-electron chi connectivity index (χ1n) is 5.71. The van der Waals surface area contributed by atoms with E-state index >= 15 is 0 Å². The van der Waals surface area contributed by atoms with Crippen LogP contribution >= 0.6 is 0 Å². The Balaban J connectivity index is 2.12. The number of carbonyl (C=O) groups excluding carboxylic acids is 1. The Bertz CT molecular complexity index is 623. The number of benzene rings is 1. The minimum absolute atomic E-state index is 0.208. The first-order chi connectivity index (χ1) is 9.11. The molecule has 1 heterocycles. The Kier molecular flexibility index (Phi) is 3.48. The van der Waals surface area contributed by atoms with Crippen molar-refractivity contribution in [1.29, 1.82) is 5.26 Å². The van der Waals surface area contributed by atoms with E-state index in [4.69, 9.17) is 11.0 Å². The molecule has 6 nitrogen and oxygen atoms in total. The van der Waals surface area contributed by atoms with Gasteiger partial charge in [-0.1, -0.05) is 0 Å². The van der Waals surface area contributed by atoms with Crippen LogP contribution in [0.15, 0.2) is 36.7 Å². The number of anilines is 2. The molecule has 2 aromatic rings. The largest absolute Gasteiger partial charge is 0.399 e. The second kappa shape index (κ2) is 5.23. The Hall–Kier alpha value is -2.81. The molecule has 0 saturated carbocycles. The van der Waals surface area contributed by atoms with Gasteiger partial charge in [-0.3, -0.25) is 4.79 Å². The molecule has 1 atom stereocenters. The van der Waals surface area contributed by atoms with Gasteiger partial charge in [-0.15, -0.1) is 0 Å². The number of nitriles is 1. The van der Waals surface area contributed by atoms with Crippen molar-refractivity contribution in [3.63, 3.8) is 0 Å². The molecular formula is C13H13N5O. The second-order valence-corrected chi connectivity index (χ2v) is 4.06. The number of nitrogen functional groups attached to an aromatic ring is 1. The first kappa shape index (κ1) is 12.6. The summed E-state index contributed by atoms with van der Waals surface area (Å²) in [6.45, 7) is 1.70. The zero-order chi connectivity index (χ0) is 13.8. The van der Waals surface area contributed by atoms with Crippen LogP contribution in [0.2, 0.25) is 0 Å². The van der Waals surface area contributed by atoms with Gasteiger partial charge in [-0.25, -0.2) is 4.98 Å². The molecule has 0 radical (unpaired) electrons. The summed E-state index contributed by atoms with van der Waals surface area (Å²) in [7, 11) is 0. The van der Waals surface area contributed by atoms with Crippen molar-refractivity contribution >= 4 is 17.3 Å². The molecule has 1 aromatic carbocycles. The van der Waals surface area contributed by atoms with E-state index in [1.807, 2.05) is 6.07 Å². The number of aromatic nitrogens is 2. The number of imidazole rings is 1. The number of rotatable bonds is 3. The van der Waals surface area contributed by atoms with Crippen LogP contribution in [0.1, 0.15) is 18.8 Å². The normalized spacial score (nSPS) is 11.6. The molecule has 3 N–H and O–H groups in total. The molecule has 1 aromatic heterocycles. The molecule has 0 fully saturated rings. The van der Waals surface area contributed by atoms with Gasteiger partial charge < -0.3 is 15.6 Å². The summed E-state index contributed by atoms with van der Waals surface area (Å²) in [6, 6.07) is 8.27. The van der Waals surface area contributed by atoms with Gasteiger partial charge in [-0.05, 0) is 31.2 Å². The topological polar surface area (TPSA) is 96.7 Å². The summed E-state index contributed by atoms with van der Waals surface area (Å²) in [5.74, 6) is -0.0146. The summed E-state index contributed by atoms with van der Waals surface area (Å²) in [6.07, 6.45) is 3.09. The Labute approximate surface area is 110 Å². The van der Waals surface area contributed by atoms with Crippen molar-refractivity contribution in [2.45, 2.75) is 13.0 Å². The third-order valence-corrected chi connectivity index (χ3v) is 2.74. The number of nitrogens with one attached hydrogen (secondary N) is 1. The van der Waals surface area contributed by atoms with Crippen LogP contribution in [0.25, 0.3) is 0 Å². The van der Waals surface area contributed by atoms with E-state index in [9.17, 15) is 4.79 Å². The highest BCUT2D eigenvalue weighted by Gasteiger charge is 2.17. The van der Waals surface area contributed by atoms with Gasteiger partial charge in [0.25, 0.3) is 0 Å². The maximum absolute atomic E-state index is 12.1. The van der Waals surface area contributed by atoms with Gasteiger partial charge in [-0.2, -0.15) is 5.26 Å². The van der Waals surface area contributed by atoms with Gasteiger partial charge in [0, 0.05) is 23.8 Å². The summed E-state index contributed by atoms with van der Waals surface area (Å²) < 4.78 is 1.52. The molecule has 0 aliphatic carbocycles. The minimum Gasteiger partial charge on any atom is -0.399 e. The van der Waals surface area contributed by atoms with E-state index in [0.717, 1.165) is 0 Å². The molecule has 0 bridgehead atoms. The lowest BCUT2D eigenvalue weighted by Gasteiger charge is -2.14. The van der Waals surface area contributed by atoms with E-state index in [1.165, 1.54) is 10.8 Å². The molecule has 6 heteroatoms. The summed E-state index contributed by atoms with van der Waals surface area (Å²) in [5.41, 5.74) is 6.86. The fourth-order valence-corrected chi connectivity index (χ4v) is 1.65. The van der Waals surface area contributed by atoms with Crippen LogP contribution < -0.4 is 11.1 Å². The fraction of sp³-hybridized carbons (Fsp3) is 0.154. The molecular weight excluding hydrogens is 242 g/mol. The predicted molar refractivity (Wildman–Crippen MR) is 71.1 cm³/mol. The number of hydrogen-bond donors (Lipinski definition) is 2. The van der Waals surface area contributed by atoms with E-state index in [2.05, 4.69) is 10.3 Å². The molecule has 19 heavy (non-hydrogen) atoms. The van der Waals surface area contributed by atoms with E-state index in [-0.39, 0.29) is 11.7 Å². The van der Waals surface area contributed by atoms with E-state index in [1.54, 1.807) is 37.4 Å². The van der Waals surface area contributed by atoms with Crippen LogP contribution in [-0.2, 0) is 4.79 Å². The lowest BCUT2D eigenvalue weighted by atomic mass is 10.2. The van der Waals surface area contributed by atoms with Crippen molar-refractivity contribution in [1.82, 2.24) is 9.55 Å². The molecule has 0 saturated heterocycles. The van der Waals surface area contributed by atoms with Crippen molar-refractivity contribution < 1.29 is 4.79 Å². The third kappa shape index (κ3) is 2.72. The number of amides is 1. The third-order valence-electron chi connectivity index (χ3n) is 2.74. The smallest absolute Gasteiger partial charge is 0.247 e. The highest BCUT2D eigenvalue weighted by atomic mass is 16.2. The SMILES string of the molecule is CC(C(=O)Nc1ccc(N)cc1)n1ccnc1C#N. The van der Waals surface area contributed by atoms with Crippen molar-refractivity contribution in [2.24, 2.45) is 0 Å². The zero-order valence-corrected chi connectivity index (χ0v) is 10.4. The molecule has 0 spiro atoms. The van der Waals surface area contributed by atoms with Gasteiger partial charge in [0.05, 0.1) is 0 Å². The lowest BCUT2D eigenvalue weighted by molar-refractivity contribution is -0.118. The molecule has 1 amide bonds. The van der Waals surface area contributed by atoms with E-state index < -0.39 is 6.04 Å². The summed E-state index contributed by atoms with van der Waals surface area (Å²) in [4.78, 5) is 15.9. The maximum atomic E-state index is 12.1. The van der Waals surface area contributed by atoms with Crippen LogP contribution in [0.3, 0.4) is 0 Å². The second-order valence-electron chi connectivity index (χ2n) is 4.06. The van der Waals surface area contributed by atoms with Crippen LogP contribution in [0, 0.1) is 11.3 Å². The number of nitrogens with zero attached hydrogens (tertiary/aromatic N) is 3. The average Bonchev–Trinajstić information content (AvgIpc) is 2.88. The highest BCUT2D eigenvalue weighted by molar-refractivity contribution is 5.93. The number of hydrogen-bond acceptors (Lipinski definition) is 4. The quantitative estimate of drug-likeness (QED) is 0.813. The van der Waals surface area contributed by atoms with Gasteiger partial charge in [0.15, 0.2) is 0 Å². The molecule has 0 aliphatic rings.